The molecule has 0 fully saturated rings. The predicted molar refractivity (Wildman–Crippen MR) is 87.1 cm³/mol. The average Bonchev–Trinajstić information content (AvgIpc) is 2.54. The largest absolute Gasteiger partial charge is 0.496 e. The second-order valence-corrected chi connectivity index (χ2v) is 5.41. The van der Waals surface area contributed by atoms with Crippen molar-refractivity contribution < 1.29 is 24.5 Å². The van der Waals surface area contributed by atoms with Gasteiger partial charge in [0.2, 0.25) is 0 Å². The van der Waals surface area contributed by atoms with Gasteiger partial charge in [0.15, 0.2) is 5.41 Å². The van der Waals surface area contributed by atoms with E-state index in [-0.39, 0.29) is 6.42 Å². The lowest BCUT2D eigenvalue weighted by Crippen LogP contribution is -2.43. The van der Waals surface area contributed by atoms with Crippen molar-refractivity contribution in [1.82, 2.24) is 0 Å². The summed E-state index contributed by atoms with van der Waals surface area (Å²) < 4.78 is 5.36. The Bertz CT molecular complexity index is 749. The van der Waals surface area contributed by atoms with Crippen molar-refractivity contribution in [3.8, 4) is 5.75 Å². The summed E-state index contributed by atoms with van der Waals surface area (Å²) in [5.41, 5.74) is -0.748. The lowest BCUT2D eigenvalue weighted by Gasteiger charge is -2.25. The number of rotatable bonds is 6. The van der Waals surface area contributed by atoms with Crippen LogP contribution in [-0.2, 0) is 21.4 Å². The number of fused-ring (bicyclic) bond motifs is 1. The number of benzene rings is 2. The second-order valence-electron chi connectivity index (χ2n) is 5.41. The maximum absolute atomic E-state index is 11.8. The normalized spacial score (nSPS) is 11.4. The Hall–Kier alpha value is -2.56. The highest BCUT2D eigenvalue weighted by Crippen LogP contribution is 2.37. The van der Waals surface area contributed by atoms with E-state index < -0.39 is 17.4 Å². The van der Waals surface area contributed by atoms with Gasteiger partial charge >= 0.3 is 11.9 Å². The zero-order valence-electron chi connectivity index (χ0n) is 13.4. The van der Waals surface area contributed by atoms with Crippen molar-refractivity contribution in [2.24, 2.45) is 0 Å². The average molecular weight is 316 g/mol. The van der Waals surface area contributed by atoms with Gasteiger partial charge in [-0.25, -0.2) is 0 Å². The number of carboxylic acids is 2. The standard InChI is InChI=1S/C18H20O5/c1-4-11-9-13-12(10-15(11)23-3)7-6-8-14(13)18(5-2,16(19)20)17(21)22/h6-10H,4-5H2,1-3H3,(H,19,20)(H,21,22). The minimum Gasteiger partial charge on any atom is -0.496 e. The van der Waals surface area contributed by atoms with Gasteiger partial charge in [-0.1, -0.05) is 32.0 Å². The molecule has 5 heteroatoms. The number of ether oxygens (including phenoxy) is 1. The Balaban J connectivity index is 2.89. The van der Waals surface area contributed by atoms with Crippen molar-refractivity contribution >= 4 is 22.7 Å². The quantitative estimate of drug-likeness (QED) is 0.799. The molecule has 0 unspecified atom stereocenters. The van der Waals surface area contributed by atoms with Gasteiger partial charge in [-0.2, -0.15) is 0 Å². The fraction of sp³-hybridized carbons (Fsp3) is 0.333. The molecule has 0 aromatic heterocycles. The van der Waals surface area contributed by atoms with Crippen LogP contribution in [0.4, 0.5) is 0 Å². The van der Waals surface area contributed by atoms with Gasteiger partial charge < -0.3 is 14.9 Å². The van der Waals surface area contributed by atoms with Gasteiger partial charge in [-0.3, -0.25) is 9.59 Å². The summed E-state index contributed by atoms with van der Waals surface area (Å²) in [7, 11) is 1.58. The fourth-order valence-corrected chi connectivity index (χ4v) is 3.00. The van der Waals surface area contributed by atoms with E-state index in [9.17, 15) is 19.8 Å². The molecule has 23 heavy (non-hydrogen) atoms. The predicted octanol–water partition coefficient (Wildman–Crippen LogP) is 3.23. The van der Waals surface area contributed by atoms with Crippen LogP contribution in [0.25, 0.3) is 10.8 Å². The van der Waals surface area contributed by atoms with E-state index in [0.29, 0.717) is 23.1 Å². The molecule has 0 bridgehead atoms. The first-order chi connectivity index (χ1) is 10.9. The summed E-state index contributed by atoms with van der Waals surface area (Å²) in [5.74, 6) is -1.99. The van der Waals surface area contributed by atoms with Gasteiger partial charge in [0.05, 0.1) is 7.11 Å². The molecular formula is C18H20O5. The van der Waals surface area contributed by atoms with Crippen LogP contribution in [0.5, 0.6) is 5.75 Å². The number of hydrogen-bond donors (Lipinski definition) is 2. The van der Waals surface area contributed by atoms with Crippen LogP contribution in [0.3, 0.4) is 0 Å². The molecule has 5 nitrogen and oxygen atoms in total. The number of carbonyl (C=O) groups is 2. The van der Waals surface area contributed by atoms with Crippen molar-refractivity contribution in [3.63, 3.8) is 0 Å². The van der Waals surface area contributed by atoms with Crippen molar-refractivity contribution in [2.75, 3.05) is 7.11 Å². The van der Waals surface area contributed by atoms with E-state index in [2.05, 4.69) is 0 Å². The van der Waals surface area contributed by atoms with Gasteiger partial charge in [0.25, 0.3) is 0 Å². The van der Waals surface area contributed by atoms with Crippen LogP contribution in [-0.4, -0.2) is 29.3 Å². The van der Waals surface area contributed by atoms with Crippen molar-refractivity contribution in [1.29, 1.82) is 0 Å². The van der Waals surface area contributed by atoms with Gasteiger partial charge in [0, 0.05) is 0 Å². The number of hydrogen-bond acceptors (Lipinski definition) is 3. The van der Waals surface area contributed by atoms with E-state index in [1.807, 2.05) is 25.1 Å². The molecule has 0 aliphatic carbocycles. The molecular weight excluding hydrogens is 296 g/mol. The van der Waals surface area contributed by atoms with E-state index in [0.717, 1.165) is 10.9 Å². The summed E-state index contributed by atoms with van der Waals surface area (Å²) in [5, 5.41) is 20.7. The van der Waals surface area contributed by atoms with Crippen LogP contribution in [0.2, 0.25) is 0 Å². The zero-order chi connectivity index (χ0) is 17.2. The molecule has 0 radical (unpaired) electrons. The van der Waals surface area contributed by atoms with Crippen LogP contribution >= 0.6 is 0 Å². The third-order valence-electron chi connectivity index (χ3n) is 4.38. The summed E-state index contributed by atoms with van der Waals surface area (Å²) in [4.78, 5) is 23.6. The molecule has 2 aromatic rings. The van der Waals surface area contributed by atoms with E-state index in [1.54, 1.807) is 26.2 Å². The summed E-state index contributed by atoms with van der Waals surface area (Å²) in [6.07, 6.45) is 0.664. The Morgan fingerprint density at radius 3 is 2.26 bits per heavy atom. The summed E-state index contributed by atoms with van der Waals surface area (Å²) in [6.45, 7) is 3.54. The first-order valence-corrected chi connectivity index (χ1v) is 7.49. The van der Waals surface area contributed by atoms with Gasteiger partial charge in [-0.15, -0.1) is 0 Å². The molecule has 0 heterocycles. The zero-order valence-corrected chi connectivity index (χ0v) is 13.4. The molecule has 0 saturated heterocycles. The van der Waals surface area contributed by atoms with E-state index in [1.165, 1.54) is 0 Å². The third kappa shape index (κ3) is 2.52. The molecule has 2 rings (SSSR count). The van der Waals surface area contributed by atoms with Crippen molar-refractivity contribution in [3.05, 3.63) is 41.5 Å². The fourth-order valence-electron chi connectivity index (χ4n) is 3.00. The van der Waals surface area contributed by atoms with Crippen LogP contribution in [0.1, 0.15) is 31.4 Å². The Labute approximate surface area is 134 Å². The highest BCUT2D eigenvalue weighted by Gasteiger charge is 2.47. The highest BCUT2D eigenvalue weighted by molar-refractivity contribution is 6.08. The number of methoxy groups -OCH3 is 1. The summed E-state index contributed by atoms with van der Waals surface area (Å²) >= 11 is 0. The molecule has 0 aliphatic rings. The third-order valence-corrected chi connectivity index (χ3v) is 4.38. The van der Waals surface area contributed by atoms with Crippen LogP contribution in [0, 0.1) is 0 Å². The molecule has 0 atom stereocenters. The number of carboxylic acid groups (broad SMARTS) is 2. The van der Waals surface area contributed by atoms with Gasteiger partial charge in [-0.05, 0) is 46.9 Å². The van der Waals surface area contributed by atoms with Crippen LogP contribution < -0.4 is 4.74 Å². The number of aryl methyl sites for hydroxylation is 1. The first-order valence-electron chi connectivity index (χ1n) is 7.49. The molecule has 0 aliphatic heterocycles. The Morgan fingerprint density at radius 1 is 1.13 bits per heavy atom. The Morgan fingerprint density at radius 2 is 1.78 bits per heavy atom. The first kappa shape index (κ1) is 16.8. The van der Waals surface area contributed by atoms with E-state index >= 15 is 0 Å². The second kappa shape index (κ2) is 6.28. The Kier molecular flexibility index (Phi) is 4.59. The topological polar surface area (TPSA) is 83.8 Å². The van der Waals surface area contributed by atoms with Crippen molar-refractivity contribution in [2.45, 2.75) is 32.1 Å². The highest BCUT2D eigenvalue weighted by atomic mass is 16.5. The molecule has 0 spiro atoms. The summed E-state index contributed by atoms with van der Waals surface area (Å²) in [6, 6.07) is 8.74. The van der Waals surface area contributed by atoms with E-state index in [4.69, 9.17) is 4.74 Å². The molecule has 2 N–H and O–H groups in total. The lowest BCUT2D eigenvalue weighted by atomic mass is 9.76. The smallest absolute Gasteiger partial charge is 0.325 e. The number of aliphatic carboxylic acids is 2. The SMILES string of the molecule is CCc1cc2c(C(CC)(C(=O)O)C(=O)O)cccc2cc1OC. The van der Waals surface area contributed by atoms with Crippen LogP contribution in [0.15, 0.2) is 30.3 Å². The molecule has 2 aromatic carbocycles. The molecule has 0 saturated carbocycles. The van der Waals surface area contributed by atoms with Gasteiger partial charge in [0.1, 0.15) is 5.75 Å². The molecule has 0 amide bonds. The maximum Gasteiger partial charge on any atom is 0.325 e. The minimum absolute atomic E-state index is 0.0374. The molecule has 122 valence electrons. The maximum atomic E-state index is 11.8. The monoisotopic (exact) mass is 316 g/mol. The lowest BCUT2D eigenvalue weighted by molar-refractivity contribution is -0.157. The minimum atomic E-state index is -1.96.